The summed E-state index contributed by atoms with van der Waals surface area (Å²) < 4.78 is 0. The molecule has 0 saturated carbocycles. The first-order valence-corrected chi connectivity index (χ1v) is 8.76. The molecule has 1 aliphatic rings. The Morgan fingerprint density at radius 1 is 1.24 bits per heavy atom. The number of nitrogens with one attached hydrogen (secondary N) is 1. The molecule has 1 atom stereocenters. The third-order valence-electron chi connectivity index (χ3n) is 4.59. The number of aromatic nitrogens is 1. The number of aryl methyl sites for hydroxylation is 1. The number of para-hydroxylation sites is 1. The van der Waals surface area contributed by atoms with E-state index in [9.17, 15) is 9.59 Å². The summed E-state index contributed by atoms with van der Waals surface area (Å²) in [7, 11) is 0. The highest BCUT2D eigenvalue weighted by atomic mass is 16.2. The smallest absolute Gasteiger partial charge is 0.259 e. The molecular weight excluding hydrogens is 314 g/mol. The molecule has 1 aliphatic heterocycles. The Hall–Kier alpha value is -2.69. The van der Waals surface area contributed by atoms with Crippen LogP contribution in [0.2, 0.25) is 0 Å². The van der Waals surface area contributed by atoms with Crippen LogP contribution in [0.15, 0.2) is 42.7 Å². The van der Waals surface area contributed by atoms with Crippen molar-refractivity contribution in [3.05, 3.63) is 59.4 Å². The summed E-state index contributed by atoms with van der Waals surface area (Å²) in [5.41, 5.74) is 2.99. The van der Waals surface area contributed by atoms with E-state index >= 15 is 0 Å². The molecular formula is C20H23N3O2. The summed E-state index contributed by atoms with van der Waals surface area (Å²) in [6.07, 6.45) is 5.79. The molecule has 0 radical (unpaired) electrons. The number of hydrogen-bond donors (Lipinski definition) is 1. The molecule has 0 fully saturated rings. The average Bonchev–Trinajstić information content (AvgIpc) is 2.67. The average molecular weight is 337 g/mol. The van der Waals surface area contributed by atoms with Gasteiger partial charge in [-0.2, -0.15) is 0 Å². The molecule has 2 amide bonds. The van der Waals surface area contributed by atoms with Crippen LogP contribution in [0.3, 0.4) is 0 Å². The Morgan fingerprint density at radius 2 is 2.00 bits per heavy atom. The fourth-order valence-electron chi connectivity index (χ4n) is 2.99. The molecule has 25 heavy (non-hydrogen) atoms. The van der Waals surface area contributed by atoms with Gasteiger partial charge in [-0.15, -0.1) is 0 Å². The van der Waals surface area contributed by atoms with Crippen molar-refractivity contribution in [3.63, 3.8) is 0 Å². The molecule has 0 spiro atoms. The molecule has 0 saturated heterocycles. The van der Waals surface area contributed by atoms with Crippen molar-refractivity contribution in [1.82, 2.24) is 10.3 Å². The number of rotatable bonds is 4. The largest absolute Gasteiger partial charge is 0.350 e. The SMILES string of the molecule is CCC(C)NC(=O)c1cncc(C(=O)N2CCCc3ccccc32)c1. The van der Waals surface area contributed by atoms with Crippen molar-refractivity contribution < 1.29 is 9.59 Å². The number of carbonyl (C=O) groups excluding carboxylic acids is 2. The van der Waals surface area contributed by atoms with Gasteiger partial charge in [-0.05, 0) is 43.9 Å². The Morgan fingerprint density at radius 3 is 2.80 bits per heavy atom. The van der Waals surface area contributed by atoms with E-state index in [-0.39, 0.29) is 17.9 Å². The predicted molar refractivity (Wildman–Crippen MR) is 97.9 cm³/mol. The van der Waals surface area contributed by atoms with Crippen molar-refractivity contribution in [2.24, 2.45) is 0 Å². The maximum absolute atomic E-state index is 13.0. The Balaban J connectivity index is 1.84. The Labute approximate surface area is 148 Å². The lowest BCUT2D eigenvalue weighted by Crippen LogP contribution is -2.36. The van der Waals surface area contributed by atoms with E-state index in [2.05, 4.69) is 16.4 Å². The minimum Gasteiger partial charge on any atom is -0.350 e. The molecule has 2 aromatic rings. The van der Waals surface area contributed by atoms with E-state index in [1.54, 1.807) is 11.0 Å². The van der Waals surface area contributed by atoms with Crippen LogP contribution >= 0.6 is 0 Å². The van der Waals surface area contributed by atoms with Gasteiger partial charge >= 0.3 is 0 Å². The minimum absolute atomic E-state index is 0.0841. The molecule has 130 valence electrons. The highest BCUT2D eigenvalue weighted by Crippen LogP contribution is 2.28. The van der Waals surface area contributed by atoms with Crippen LogP contribution in [0.5, 0.6) is 0 Å². The highest BCUT2D eigenvalue weighted by molar-refractivity contribution is 6.08. The second-order valence-corrected chi connectivity index (χ2v) is 6.43. The number of amides is 2. The molecule has 1 unspecified atom stereocenters. The number of benzene rings is 1. The standard InChI is InChI=1S/C20H23N3O2/c1-3-14(2)22-19(24)16-11-17(13-21-12-16)20(25)23-10-6-8-15-7-4-5-9-18(15)23/h4-5,7,9,11-14H,3,6,8,10H2,1-2H3,(H,22,24). The summed E-state index contributed by atoms with van der Waals surface area (Å²) >= 11 is 0. The first-order chi connectivity index (χ1) is 12.1. The molecule has 1 aromatic carbocycles. The van der Waals surface area contributed by atoms with Gasteiger partial charge in [-0.25, -0.2) is 0 Å². The molecule has 0 bridgehead atoms. The molecule has 1 aromatic heterocycles. The normalized spacial score (nSPS) is 14.6. The number of nitrogens with zero attached hydrogens (tertiary/aromatic N) is 2. The van der Waals surface area contributed by atoms with Crippen LogP contribution in [-0.4, -0.2) is 29.4 Å². The van der Waals surface area contributed by atoms with Gasteiger partial charge in [0.15, 0.2) is 0 Å². The number of hydrogen-bond acceptors (Lipinski definition) is 3. The summed E-state index contributed by atoms with van der Waals surface area (Å²) in [5, 5.41) is 2.90. The van der Waals surface area contributed by atoms with Crippen LogP contribution in [0.25, 0.3) is 0 Å². The fraction of sp³-hybridized carbons (Fsp3) is 0.350. The summed E-state index contributed by atoms with van der Waals surface area (Å²) in [6, 6.07) is 9.68. The van der Waals surface area contributed by atoms with Gasteiger partial charge in [0.2, 0.25) is 0 Å². The zero-order valence-electron chi connectivity index (χ0n) is 14.7. The van der Waals surface area contributed by atoms with Crippen LogP contribution in [0, 0.1) is 0 Å². The van der Waals surface area contributed by atoms with Gasteiger partial charge in [0.25, 0.3) is 11.8 Å². The van der Waals surface area contributed by atoms with E-state index in [1.165, 1.54) is 18.0 Å². The summed E-state index contributed by atoms with van der Waals surface area (Å²) in [6.45, 7) is 4.64. The lowest BCUT2D eigenvalue weighted by molar-refractivity contribution is 0.0939. The Bertz CT molecular complexity index is 788. The van der Waals surface area contributed by atoms with E-state index in [1.807, 2.05) is 32.0 Å². The van der Waals surface area contributed by atoms with Gasteiger partial charge in [0.05, 0.1) is 11.1 Å². The third-order valence-corrected chi connectivity index (χ3v) is 4.59. The second kappa shape index (κ2) is 7.47. The summed E-state index contributed by atoms with van der Waals surface area (Å²) in [4.78, 5) is 31.1. The number of carbonyl (C=O) groups is 2. The predicted octanol–water partition coefficient (Wildman–Crippen LogP) is 3.20. The molecule has 2 heterocycles. The van der Waals surface area contributed by atoms with E-state index in [4.69, 9.17) is 0 Å². The summed E-state index contributed by atoms with van der Waals surface area (Å²) in [5.74, 6) is -0.312. The first kappa shape index (κ1) is 17.1. The van der Waals surface area contributed by atoms with E-state index < -0.39 is 0 Å². The zero-order valence-corrected chi connectivity index (χ0v) is 14.7. The lowest BCUT2D eigenvalue weighted by Gasteiger charge is -2.29. The Kier molecular flexibility index (Phi) is 5.12. The number of anilines is 1. The van der Waals surface area contributed by atoms with Gasteiger partial charge < -0.3 is 10.2 Å². The molecule has 1 N–H and O–H groups in total. The molecule has 5 nitrogen and oxygen atoms in total. The minimum atomic E-state index is -0.199. The van der Waals surface area contributed by atoms with Gasteiger partial charge in [0.1, 0.15) is 0 Å². The maximum Gasteiger partial charge on any atom is 0.259 e. The topological polar surface area (TPSA) is 62.3 Å². The van der Waals surface area contributed by atoms with Crippen molar-refractivity contribution in [2.45, 2.75) is 39.2 Å². The van der Waals surface area contributed by atoms with Crippen molar-refractivity contribution >= 4 is 17.5 Å². The van der Waals surface area contributed by atoms with Gasteiger partial charge in [-0.1, -0.05) is 25.1 Å². The number of pyridine rings is 1. The van der Waals surface area contributed by atoms with Crippen LogP contribution in [-0.2, 0) is 6.42 Å². The zero-order chi connectivity index (χ0) is 17.8. The maximum atomic E-state index is 13.0. The van der Waals surface area contributed by atoms with E-state index in [0.29, 0.717) is 17.7 Å². The van der Waals surface area contributed by atoms with Crippen LogP contribution in [0.1, 0.15) is 53.0 Å². The fourth-order valence-corrected chi connectivity index (χ4v) is 2.99. The van der Waals surface area contributed by atoms with Crippen LogP contribution < -0.4 is 10.2 Å². The van der Waals surface area contributed by atoms with Crippen LogP contribution in [0.4, 0.5) is 5.69 Å². The molecule has 0 aliphatic carbocycles. The quantitative estimate of drug-likeness (QED) is 0.932. The van der Waals surface area contributed by atoms with Crippen molar-refractivity contribution in [1.29, 1.82) is 0 Å². The molecule has 5 heteroatoms. The molecule has 3 rings (SSSR count). The first-order valence-electron chi connectivity index (χ1n) is 8.76. The van der Waals surface area contributed by atoms with Gasteiger partial charge in [-0.3, -0.25) is 14.6 Å². The monoisotopic (exact) mass is 337 g/mol. The van der Waals surface area contributed by atoms with E-state index in [0.717, 1.165) is 24.9 Å². The third kappa shape index (κ3) is 3.71. The highest BCUT2D eigenvalue weighted by Gasteiger charge is 2.24. The van der Waals surface area contributed by atoms with Crippen molar-refractivity contribution in [2.75, 3.05) is 11.4 Å². The number of fused-ring (bicyclic) bond motifs is 1. The van der Waals surface area contributed by atoms with Crippen molar-refractivity contribution in [3.8, 4) is 0 Å². The lowest BCUT2D eigenvalue weighted by atomic mass is 10.0. The van der Waals surface area contributed by atoms with Gasteiger partial charge in [0, 0.05) is 30.7 Å². The second-order valence-electron chi connectivity index (χ2n) is 6.43.